The van der Waals surface area contributed by atoms with E-state index in [1.807, 2.05) is 48.5 Å². The molecule has 2 amide bonds. The first-order valence-electron chi connectivity index (χ1n) is 8.13. The van der Waals surface area contributed by atoms with E-state index < -0.39 is 0 Å². The Hall–Kier alpha value is -3.09. The van der Waals surface area contributed by atoms with E-state index in [2.05, 4.69) is 15.6 Å². The van der Waals surface area contributed by atoms with Crippen LogP contribution in [-0.2, 0) is 0 Å². The van der Waals surface area contributed by atoms with Gasteiger partial charge in [-0.25, -0.2) is 9.78 Å². The molecule has 4 rings (SSSR count). The van der Waals surface area contributed by atoms with E-state index in [0.717, 1.165) is 16.0 Å². The van der Waals surface area contributed by atoms with E-state index >= 15 is 0 Å². The molecular weight excluding hydrogens is 382 g/mol. The van der Waals surface area contributed by atoms with Gasteiger partial charge in [-0.3, -0.25) is 5.32 Å². The summed E-state index contributed by atoms with van der Waals surface area (Å²) >= 11 is 7.23. The van der Waals surface area contributed by atoms with Gasteiger partial charge < -0.3 is 10.1 Å². The molecule has 3 aromatic carbocycles. The lowest BCUT2D eigenvalue weighted by molar-refractivity contribution is 0.262. The summed E-state index contributed by atoms with van der Waals surface area (Å²) in [5, 5.41) is 6.61. The maximum atomic E-state index is 12.1. The normalized spacial score (nSPS) is 10.6. The first-order valence-corrected chi connectivity index (χ1v) is 9.32. The average molecular weight is 396 g/mol. The van der Waals surface area contributed by atoms with Crippen molar-refractivity contribution < 1.29 is 9.53 Å². The Labute approximate surface area is 164 Å². The number of nitrogens with one attached hydrogen (secondary N) is 2. The molecule has 0 radical (unpaired) electrons. The summed E-state index contributed by atoms with van der Waals surface area (Å²) < 4.78 is 6.78. The van der Waals surface area contributed by atoms with E-state index in [4.69, 9.17) is 16.3 Å². The molecule has 0 aliphatic carbocycles. The number of urea groups is 1. The number of ether oxygens (including phenoxy) is 1. The van der Waals surface area contributed by atoms with Crippen molar-refractivity contribution in [3.63, 3.8) is 0 Å². The van der Waals surface area contributed by atoms with Gasteiger partial charge in [-0.15, -0.1) is 0 Å². The summed E-state index contributed by atoms with van der Waals surface area (Å²) in [4.78, 5) is 16.6. The number of halogens is 1. The van der Waals surface area contributed by atoms with Crippen molar-refractivity contribution in [2.24, 2.45) is 0 Å². The summed E-state index contributed by atoms with van der Waals surface area (Å²) in [6, 6.07) is 21.7. The number of rotatable bonds is 4. The van der Waals surface area contributed by atoms with Crippen LogP contribution < -0.4 is 15.4 Å². The molecule has 1 aromatic heterocycles. The number of thiazole rings is 1. The van der Waals surface area contributed by atoms with E-state index in [9.17, 15) is 4.79 Å². The summed E-state index contributed by atoms with van der Waals surface area (Å²) in [6.45, 7) is 0. The quantitative estimate of drug-likeness (QED) is 0.421. The van der Waals surface area contributed by atoms with Crippen LogP contribution in [0.1, 0.15) is 0 Å². The first kappa shape index (κ1) is 17.3. The highest BCUT2D eigenvalue weighted by atomic mass is 35.5. The van der Waals surface area contributed by atoms with Crippen LogP contribution in [0.15, 0.2) is 72.8 Å². The maximum Gasteiger partial charge on any atom is 0.325 e. The van der Waals surface area contributed by atoms with Crippen molar-refractivity contribution in [2.75, 3.05) is 10.6 Å². The summed E-state index contributed by atoms with van der Waals surface area (Å²) in [5.74, 6) is 1.45. The van der Waals surface area contributed by atoms with Crippen molar-refractivity contribution in [2.45, 2.75) is 0 Å². The SMILES string of the molecule is O=C(Nc1ccc(Cl)cc1)Nc1nc2cc(Oc3ccccc3)ccc2s1. The van der Waals surface area contributed by atoms with Crippen molar-refractivity contribution in [3.8, 4) is 11.5 Å². The van der Waals surface area contributed by atoms with Gasteiger partial charge in [0.25, 0.3) is 0 Å². The molecule has 7 heteroatoms. The van der Waals surface area contributed by atoms with E-state index in [1.165, 1.54) is 11.3 Å². The van der Waals surface area contributed by atoms with Gasteiger partial charge in [0.1, 0.15) is 11.5 Å². The minimum Gasteiger partial charge on any atom is -0.457 e. The average Bonchev–Trinajstić information content (AvgIpc) is 3.06. The molecule has 0 saturated carbocycles. The standard InChI is InChI=1S/C20H14ClN3O2S/c21-13-6-8-14(9-7-13)22-19(25)24-20-23-17-12-16(10-11-18(17)27-20)26-15-4-2-1-3-5-15/h1-12H,(H2,22,23,24,25). The van der Waals surface area contributed by atoms with Crippen molar-refractivity contribution in [1.29, 1.82) is 0 Å². The van der Waals surface area contributed by atoms with Crippen LogP contribution in [0.2, 0.25) is 5.02 Å². The second-order valence-electron chi connectivity index (χ2n) is 5.65. The van der Waals surface area contributed by atoms with E-state index in [-0.39, 0.29) is 6.03 Å². The van der Waals surface area contributed by atoms with Crippen LogP contribution >= 0.6 is 22.9 Å². The minimum absolute atomic E-state index is 0.364. The number of amides is 2. The predicted octanol–water partition coefficient (Wildman–Crippen LogP) is 6.39. The Kier molecular flexibility index (Phi) is 4.91. The van der Waals surface area contributed by atoms with Crippen LogP contribution in [0.25, 0.3) is 10.2 Å². The number of benzene rings is 3. The Bertz CT molecular complexity index is 1080. The smallest absolute Gasteiger partial charge is 0.325 e. The highest BCUT2D eigenvalue weighted by Crippen LogP contribution is 2.31. The Morgan fingerprint density at radius 2 is 1.70 bits per heavy atom. The lowest BCUT2D eigenvalue weighted by Gasteiger charge is -2.05. The van der Waals surface area contributed by atoms with Gasteiger partial charge in [0, 0.05) is 16.8 Å². The second-order valence-corrected chi connectivity index (χ2v) is 7.12. The largest absolute Gasteiger partial charge is 0.457 e. The molecule has 0 atom stereocenters. The molecule has 0 spiro atoms. The summed E-state index contributed by atoms with van der Waals surface area (Å²) in [7, 11) is 0. The van der Waals surface area contributed by atoms with Crippen LogP contribution in [0.3, 0.4) is 0 Å². The number of para-hydroxylation sites is 1. The van der Waals surface area contributed by atoms with E-state index in [0.29, 0.717) is 21.6 Å². The molecule has 4 aromatic rings. The third-order valence-corrected chi connectivity index (χ3v) is 4.86. The van der Waals surface area contributed by atoms with Crippen molar-refractivity contribution in [3.05, 3.63) is 77.8 Å². The lowest BCUT2D eigenvalue weighted by Crippen LogP contribution is -2.19. The molecule has 0 aliphatic heterocycles. The van der Waals surface area contributed by atoms with Crippen LogP contribution in [0.4, 0.5) is 15.6 Å². The fourth-order valence-corrected chi connectivity index (χ4v) is 3.41. The fourth-order valence-electron chi connectivity index (χ4n) is 2.44. The number of nitrogens with zero attached hydrogens (tertiary/aromatic N) is 1. The van der Waals surface area contributed by atoms with Crippen LogP contribution in [0.5, 0.6) is 11.5 Å². The number of anilines is 2. The molecule has 2 N–H and O–H groups in total. The number of carbonyl (C=O) groups excluding carboxylic acids is 1. The fraction of sp³-hybridized carbons (Fsp3) is 0. The van der Waals surface area contributed by atoms with Crippen LogP contribution in [-0.4, -0.2) is 11.0 Å². The molecule has 1 heterocycles. The number of carbonyl (C=O) groups is 1. The topological polar surface area (TPSA) is 63.2 Å². The zero-order chi connectivity index (χ0) is 18.6. The number of hydrogen-bond acceptors (Lipinski definition) is 4. The molecule has 134 valence electrons. The predicted molar refractivity (Wildman–Crippen MR) is 110 cm³/mol. The summed E-state index contributed by atoms with van der Waals surface area (Å²) in [5.41, 5.74) is 1.41. The highest BCUT2D eigenvalue weighted by molar-refractivity contribution is 7.22. The third-order valence-electron chi connectivity index (χ3n) is 3.66. The van der Waals surface area contributed by atoms with Gasteiger partial charge in [-0.2, -0.15) is 0 Å². The highest BCUT2D eigenvalue weighted by Gasteiger charge is 2.09. The number of aromatic nitrogens is 1. The Morgan fingerprint density at radius 3 is 2.48 bits per heavy atom. The molecule has 5 nitrogen and oxygen atoms in total. The van der Waals surface area contributed by atoms with E-state index in [1.54, 1.807) is 24.3 Å². The molecular formula is C20H14ClN3O2S. The molecule has 27 heavy (non-hydrogen) atoms. The van der Waals surface area contributed by atoms with Crippen LogP contribution in [0, 0.1) is 0 Å². The molecule has 0 aliphatic rings. The molecule has 0 unspecified atom stereocenters. The molecule has 0 saturated heterocycles. The first-order chi connectivity index (χ1) is 13.2. The minimum atomic E-state index is -0.364. The monoisotopic (exact) mass is 395 g/mol. The maximum absolute atomic E-state index is 12.1. The van der Waals surface area contributed by atoms with Gasteiger partial charge in [-0.1, -0.05) is 41.1 Å². The zero-order valence-electron chi connectivity index (χ0n) is 14.0. The van der Waals surface area contributed by atoms with Gasteiger partial charge >= 0.3 is 6.03 Å². The van der Waals surface area contributed by atoms with Crippen molar-refractivity contribution in [1.82, 2.24) is 4.98 Å². The van der Waals surface area contributed by atoms with Gasteiger partial charge in [0.15, 0.2) is 5.13 Å². The van der Waals surface area contributed by atoms with Gasteiger partial charge in [0.2, 0.25) is 0 Å². The third kappa shape index (κ3) is 4.36. The molecule has 0 fully saturated rings. The Balaban J connectivity index is 1.46. The second kappa shape index (κ2) is 7.65. The number of fused-ring (bicyclic) bond motifs is 1. The zero-order valence-corrected chi connectivity index (χ0v) is 15.6. The van der Waals surface area contributed by atoms with Gasteiger partial charge in [0.05, 0.1) is 10.2 Å². The van der Waals surface area contributed by atoms with Crippen molar-refractivity contribution >= 4 is 50.0 Å². The molecule has 0 bridgehead atoms. The summed E-state index contributed by atoms with van der Waals surface area (Å²) in [6.07, 6.45) is 0. The lowest BCUT2D eigenvalue weighted by atomic mass is 10.3. The number of hydrogen-bond donors (Lipinski definition) is 2. The van der Waals surface area contributed by atoms with Gasteiger partial charge in [-0.05, 0) is 48.5 Å². The Morgan fingerprint density at radius 1 is 0.926 bits per heavy atom.